The van der Waals surface area contributed by atoms with Crippen LogP contribution in [0.15, 0.2) is 41.3 Å². The average molecular weight is 293 g/mol. The summed E-state index contributed by atoms with van der Waals surface area (Å²) in [6.07, 6.45) is 3.92. The first-order valence-corrected chi connectivity index (χ1v) is 8.53. The van der Waals surface area contributed by atoms with Gasteiger partial charge in [-0.1, -0.05) is 18.7 Å². The highest BCUT2D eigenvalue weighted by molar-refractivity contribution is 7.90. The molecule has 0 bridgehead atoms. The topological polar surface area (TPSA) is 54.5 Å². The van der Waals surface area contributed by atoms with E-state index in [9.17, 15) is 13.2 Å². The highest BCUT2D eigenvalue weighted by atomic mass is 32.2. The van der Waals surface area contributed by atoms with Gasteiger partial charge in [-0.05, 0) is 37.0 Å². The maximum absolute atomic E-state index is 12.1. The standard InChI is InChI=1S/C15H19NO3S/c1-12-5-3-4-10-16(15(12)17)11-13-6-8-14(9-7-13)20(2,18)19/h6-9H,1,3-5,10-11H2,2H3. The minimum absolute atomic E-state index is 0.00897. The van der Waals surface area contributed by atoms with Crippen molar-refractivity contribution < 1.29 is 13.2 Å². The highest BCUT2D eigenvalue weighted by Gasteiger charge is 2.20. The fraction of sp³-hybridized carbons (Fsp3) is 0.400. The van der Waals surface area contributed by atoms with Crippen LogP contribution in [0, 0.1) is 0 Å². The van der Waals surface area contributed by atoms with E-state index in [-0.39, 0.29) is 5.91 Å². The molecule has 1 aliphatic rings. The molecule has 1 aromatic rings. The number of amides is 1. The molecule has 0 radical (unpaired) electrons. The van der Waals surface area contributed by atoms with E-state index in [1.54, 1.807) is 29.2 Å². The summed E-state index contributed by atoms with van der Waals surface area (Å²) in [6.45, 7) is 5.05. The molecule has 0 N–H and O–H groups in total. The molecule has 0 saturated carbocycles. The number of hydrogen-bond acceptors (Lipinski definition) is 3. The van der Waals surface area contributed by atoms with E-state index in [1.807, 2.05) is 0 Å². The molecule has 0 aromatic heterocycles. The molecule has 1 saturated heterocycles. The Morgan fingerprint density at radius 1 is 1.20 bits per heavy atom. The lowest BCUT2D eigenvalue weighted by Crippen LogP contribution is -2.30. The quantitative estimate of drug-likeness (QED) is 0.802. The van der Waals surface area contributed by atoms with Crippen LogP contribution in [0.2, 0.25) is 0 Å². The molecule has 1 aliphatic heterocycles. The van der Waals surface area contributed by atoms with Gasteiger partial charge in [0.1, 0.15) is 0 Å². The van der Waals surface area contributed by atoms with E-state index in [0.29, 0.717) is 17.0 Å². The maximum atomic E-state index is 12.1. The van der Waals surface area contributed by atoms with Crippen molar-refractivity contribution >= 4 is 15.7 Å². The lowest BCUT2D eigenvalue weighted by atomic mass is 10.1. The van der Waals surface area contributed by atoms with E-state index in [4.69, 9.17) is 0 Å². The first-order valence-electron chi connectivity index (χ1n) is 6.64. The van der Waals surface area contributed by atoms with Crippen LogP contribution in [-0.2, 0) is 21.2 Å². The van der Waals surface area contributed by atoms with Gasteiger partial charge in [0.15, 0.2) is 9.84 Å². The molecule has 0 spiro atoms. The number of rotatable bonds is 3. The third-order valence-electron chi connectivity index (χ3n) is 3.47. The Morgan fingerprint density at radius 3 is 2.45 bits per heavy atom. The highest BCUT2D eigenvalue weighted by Crippen LogP contribution is 2.18. The molecule has 1 aromatic carbocycles. The molecule has 1 heterocycles. The van der Waals surface area contributed by atoms with Gasteiger partial charge in [0, 0.05) is 24.9 Å². The zero-order chi connectivity index (χ0) is 14.8. The predicted octanol–water partition coefficient (Wildman–Crippen LogP) is 2.16. The van der Waals surface area contributed by atoms with Gasteiger partial charge in [0.05, 0.1) is 4.90 Å². The van der Waals surface area contributed by atoms with Crippen LogP contribution in [0.5, 0.6) is 0 Å². The van der Waals surface area contributed by atoms with Gasteiger partial charge >= 0.3 is 0 Å². The molecular weight excluding hydrogens is 274 g/mol. The van der Waals surface area contributed by atoms with Crippen LogP contribution in [0.3, 0.4) is 0 Å². The SMILES string of the molecule is C=C1CCCCN(Cc2ccc(S(C)(=O)=O)cc2)C1=O. The smallest absolute Gasteiger partial charge is 0.249 e. The predicted molar refractivity (Wildman–Crippen MR) is 78.0 cm³/mol. The van der Waals surface area contributed by atoms with E-state index in [1.165, 1.54) is 6.26 Å². The second kappa shape index (κ2) is 5.79. The van der Waals surface area contributed by atoms with Crippen molar-refractivity contribution in [3.8, 4) is 0 Å². The third-order valence-corrected chi connectivity index (χ3v) is 4.60. The summed E-state index contributed by atoms with van der Waals surface area (Å²) in [7, 11) is -3.17. The maximum Gasteiger partial charge on any atom is 0.249 e. The van der Waals surface area contributed by atoms with Crippen molar-refractivity contribution in [2.75, 3.05) is 12.8 Å². The number of sulfone groups is 1. The number of likely N-dealkylation sites (tertiary alicyclic amines) is 1. The zero-order valence-electron chi connectivity index (χ0n) is 11.6. The Morgan fingerprint density at radius 2 is 1.85 bits per heavy atom. The third kappa shape index (κ3) is 3.48. The summed E-state index contributed by atoms with van der Waals surface area (Å²) < 4.78 is 22.8. The van der Waals surface area contributed by atoms with E-state index >= 15 is 0 Å². The molecule has 0 atom stereocenters. The first kappa shape index (κ1) is 14.8. The second-order valence-electron chi connectivity index (χ2n) is 5.20. The second-order valence-corrected chi connectivity index (χ2v) is 7.22. The largest absolute Gasteiger partial charge is 0.335 e. The first-order chi connectivity index (χ1) is 9.38. The zero-order valence-corrected chi connectivity index (χ0v) is 12.4. The van der Waals surface area contributed by atoms with Gasteiger partial charge in [-0.15, -0.1) is 0 Å². The Bertz CT molecular complexity index is 617. The monoisotopic (exact) mass is 293 g/mol. The van der Waals surface area contributed by atoms with E-state index < -0.39 is 9.84 Å². The van der Waals surface area contributed by atoms with Crippen LogP contribution >= 0.6 is 0 Å². The number of benzene rings is 1. The van der Waals surface area contributed by atoms with Gasteiger partial charge < -0.3 is 4.90 Å². The van der Waals surface area contributed by atoms with Crippen molar-refractivity contribution in [2.45, 2.75) is 30.7 Å². The Kier molecular flexibility index (Phi) is 4.28. The van der Waals surface area contributed by atoms with Crippen LogP contribution < -0.4 is 0 Å². The Balaban J connectivity index is 2.13. The van der Waals surface area contributed by atoms with Gasteiger partial charge in [-0.3, -0.25) is 4.79 Å². The summed E-state index contributed by atoms with van der Waals surface area (Å²) in [5, 5.41) is 0. The molecule has 1 fully saturated rings. The normalized spacial score (nSPS) is 17.1. The molecule has 108 valence electrons. The Labute approximate surface area is 120 Å². The van der Waals surface area contributed by atoms with Crippen LogP contribution in [0.1, 0.15) is 24.8 Å². The molecular formula is C15H19NO3S. The fourth-order valence-corrected chi connectivity index (χ4v) is 2.92. The van der Waals surface area contributed by atoms with Crippen molar-refractivity contribution in [1.29, 1.82) is 0 Å². The summed E-state index contributed by atoms with van der Waals surface area (Å²) >= 11 is 0. The van der Waals surface area contributed by atoms with E-state index in [0.717, 1.165) is 31.4 Å². The van der Waals surface area contributed by atoms with Crippen molar-refractivity contribution in [1.82, 2.24) is 4.90 Å². The van der Waals surface area contributed by atoms with Gasteiger partial charge in [0.25, 0.3) is 0 Å². The lowest BCUT2D eigenvalue weighted by molar-refractivity contribution is -0.127. The van der Waals surface area contributed by atoms with Crippen molar-refractivity contribution in [3.05, 3.63) is 42.0 Å². The summed E-state index contributed by atoms with van der Waals surface area (Å²) in [5.41, 5.74) is 1.59. The minimum Gasteiger partial charge on any atom is -0.335 e. The average Bonchev–Trinajstić information content (AvgIpc) is 2.54. The van der Waals surface area contributed by atoms with Gasteiger partial charge in [-0.25, -0.2) is 8.42 Å². The van der Waals surface area contributed by atoms with Crippen LogP contribution in [0.25, 0.3) is 0 Å². The molecule has 20 heavy (non-hydrogen) atoms. The van der Waals surface area contributed by atoms with Crippen LogP contribution in [0.4, 0.5) is 0 Å². The minimum atomic E-state index is -3.17. The van der Waals surface area contributed by atoms with Crippen molar-refractivity contribution in [2.24, 2.45) is 0 Å². The lowest BCUT2D eigenvalue weighted by Gasteiger charge is -2.21. The number of carbonyl (C=O) groups excluding carboxylic acids is 1. The Hall–Kier alpha value is -1.62. The number of carbonyl (C=O) groups is 1. The molecule has 4 nitrogen and oxygen atoms in total. The summed E-state index contributed by atoms with van der Waals surface area (Å²) in [4.78, 5) is 14.2. The molecule has 2 rings (SSSR count). The molecule has 0 aliphatic carbocycles. The van der Waals surface area contributed by atoms with Crippen LogP contribution in [-0.4, -0.2) is 32.0 Å². The van der Waals surface area contributed by atoms with Crippen molar-refractivity contribution in [3.63, 3.8) is 0 Å². The van der Waals surface area contributed by atoms with Gasteiger partial charge in [0.2, 0.25) is 5.91 Å². The number of hydrogen-bond donors (Lipinski definition) is 0. The number of nitrogens with zero attached hydrogens (tertiary/aromatic N) is 1. The summed E-state index contributed by atoms with van der Waals surface area (Å²) in [5.74, 6) is 0.00897. The van der Waals surface area contributed by atoms with Gasteiger partial charge in [-0.2, -0.15) is 0 Å². The molecule has 1 amide bonds. The fourth-order valence-electron chi connectivity index (χ4n) is 2.29. The summed E-state index contributed by atoms with van der Waals surface area (Å²) in [6, 6.07) is 6.69. The molecule has 0 unspecified atom stereocenters. The van der Waals surface area contributed by atoms with E-state index in [2.05, 4.69) is 6.58 Å². The molecule has 5 heteroatoms.